The zero-order chi connectivity index (χ0) is 6.53. The number of rotatable bonds is 2. The van der Waals surface area contributed by atoms with E-state index in [4.69, 9.17) is 2.81 Å². The van der Waals surface area contributed by atoms with E-state index in [1.165, 1.54) is 5.56 Å². The van der Waals surface area contributed by atoms with E-state index in [2.05, 4.69) is 12.1 Å². The van der Waals surface area contributed by atoms with E-state index in [0.29, 0.717) is 0 Å². The van der Waals surface area contributed by atoms with Crippen LogP contribution in [0.5, 0.6) is 0 Å². The summed E-state index contributed by atoms with van der Waals surface area (Å²) in [5.74, 6) is 0. The fraction of sp³-hybridized carbons (Fsp3) is 0.143. The second-order valence-corrected chi connectivity index (χ2v) is 2.48. The van der Waals surface area contributed by atoms with Crippen LogP contribution >= 0.6 is 0 Å². The van der Waals surface area contributed by atoms with Crippen molar-refractivity contribution in [1.82, 2.24) is 0 Å². The van der Waals surface area contributed by atoms with Gasteiger partial charge in [0.15, 0.2) is 0 Å². The summed E-state index contributed by atoms with van der Waals surface area (Å²) >= 11 is 1.13. The molecule has 1 rings (SSSR count). The first-order valence-electron chi connectivity index (χ1n) is 2.76. The van der Waals surface area contributed by atoms with Gasteiger partial charge in [-0.25, -0.2) is 0 Å². The SMILES string of the molecule is [Zr][O]Cc1ccccc1. The van der Waals surface area contributed by atoms with Crippen LogP contribution < -0.4 is 0 Å². The molecule has 1 aromatic carbocycles. The molecule has 0 saturated carbocycles. The molecule has 0 saturated heterocycles. The molecule has 0 aliphatic rings. The average Bonchev–Trinajstić information content (AvgIpc) is 1.91. The van der Waals surface area contributed by atoms with Gasteiger partial charge in [-0.15, -0.1) is 0 Å². The summed E-state index contributed by atoms with van der Waals surface area (Å²) in [6, 6.07) is 10.2. The van der Waals surface area contributed by atoms with Crippen LogP contribution in [-0.4, -0.2) is 0 Å². The third-order valence-corrected chi connectivity index (χ3v) is 1.44. The summed E-state index contributed by atoms with van der Waals surface area (Å²) in [4.78, 5) is 0. The fourth-order valence-corrected chi connectivity index (χ4v) is 1.07. The molecule has 0 unspecified atom stereocenters. The van der Waals surface area contributed by atoms with E-state index in [-0.39, 0.29) is 0 Å². The van der Waals surface area contributed by atoms with Crippen LogP contribution in [0, 0.1) is 0 Å². The van der Waals surface area contributed by atoms with Crippen molar-refractivity contribution in [3.05, 3.63) is 35.9 Å². The van der Waals surface area contributed by atoms with Gasteiger partial charge in [0.25, 0.3) is 0 Å². The molecule has 0 bridgehead atoms. The summed E-state index contributed by atoms with van der Waals surface area (Å²) in [6.07, 6.45) is 0. The molecule has 0 aliphatic carbocycles. The number of benzene rings is 1. The molecule has 0 aliphatic heterocycles. The first kappa shape index (κ1) is 7.17. The normalized spacial score (nSPS) is 9.22. The van der Waals surface area contributed by atoms with Crippen molar-refractivity contribution in [3.63, 3.8) is 0 Å². The minimum atomic E-state index is 0.749. The molecule has 0 atom stereocenters. The van der Waals surface area contributed by atoms with Gasteiger partial charge in [-0.3, -0.25) is 0 Å². The van der Waals surface area contributed by atoms with Crippen molar-refractivity contribution in [3.8, 4) is 0 Å². The molecule has 0 spiro atoms. The molecular weight excluding hydrogens is 191 g/mol. The van der Waals surface area contributed by atoms with Gasteiger partial charge in [-0.2, -0.15) is 0 Å². The van der Waals surface area contributed by atoms with Gasteiger partial charge in [0.1, 0.15) is 0 Å². The molecule has 0 aromatic heterocycles. The van der Waals surface area contributed by atoms with Crippen LogP contribution in [0.25, 0.3) is 0 Å². The Bertz CT molecular complexity index is 162. The molecule has 45 valence electrons. The molecule has 2 heteroatoms. The molecule has 0 heterocycles. The predicted octanol–water partition coefficient (Wildman–Crippen LogP) is 1.67. The molecule has 0 fully saturated rings. The van der Waals surface area contributed by atoms with E-state index >= 15 is 0 Å². The standard InChI is InChI=1S/C7H7O.Zr/c8-6-7-4-2-1-3-5-7;/h1-5H,6H2;/q-1;+1. The van der Waals surface area contributed by atoms with Crippen LogP contribution in [0.1, 0.15) is 5.56 Å². The van der Waals surface area contributed by atoms with Crippen molar-refractivity contribution in [2.45, 2.75) is 6.61 Å². The summed E-state index contributed by atoms with van der Waals surface area (Å²) in [5.41, 5.74) is 1.24. The second kappa shape index (κ2) is 3.97. The van der Waals surface area contributed by atoms with Gasteiger partial charge in [-0.05, 0) is 0 Å². The topological polar surface area (TPSA) is 9.23 Å². The predicted molar refractivity (Wildman–Crippen MR) is 31.2 cm³/mol. The van der Waals surface area contributed by atoms with Crippen molar-refractivity contribution in [2.24, 2.45) is 0 Å². The van der Waals surface area contributed by atoms with Crippen molar-refractivity contribution in [2.75, 3.05) is 0 Å². The second-order valence-electron chi connectivity index (χ2n) is 1.77. The van der Waals surface area contributed by atoms with Crippen LogP contribution in [0.15, 0.2) is 30.3 Å². The average molecular weight is 198 g/mol. The third kappa shape index (κ3) is 2.42. The summed E-state index contributed by atoms with van der Waals surface area (Å²) in [7, 11) is 0. The zero-order valence-corrected chi connectivity index (χ0v) is 7.46. The van der Waals surface area contributed by atoms with E-state index in [9.17, 15) is 0 Å². The van der Waals surface area contributed by atoms with Crippen LogP contribution in [0.3, 0.4) is 0 Å². The Hall–Kier alpha value is 0.0631. The van der Waals surface area contributed by atoms with E-state index < -0.39 is 0 Å². The monoisotopic (exact) mass is 197 g/mol. The van der Waals surface area contributed by atoms with Crippen LogP contribution in [-0.2, 0) is 34.6 Å². The summed E-state index contributed by atoms with van der Waals surface area (Å²) in [6.45, 7) is 0.749. The van der Waals surface area contributed by atoms with Crippen molar-refractivity contribution >= 4 is 0 Å². The van der Waals surface area contributed by atoms with E-state index in [1.807, 2.05) is 18.2 Å². The van der Waals surface area contributed by atoms with Gasteiger partial charge in [0.2, 0.25) is 0 Å². The zero-order valence-electron chi connectivity index (χ0n) is 5.00. The number of hydrogen-bond donors (Lipinski definition) is 0. The van der Waals surface area contributed by atoms with E-state index in [0.717, 1.165) is 31.8 Å². The molecule has 1 nitrogen and oxygen atoms in total. The van der Waals surface area contributed by atoms with Gasteiger partial charge >= 0.3 is 70.5 Å². The quantitative estimate of drug-likeness (QED) is 0.702. The molecule has 9 heavy (non-hydrogen) atoms. The van der Waals surface area contributed by atoms with E-state index in [1.54, 1.807) is 0 Å². The Balaban J connectivity index is 2.61. The molecule has 0 N–H and O–H groups in total. The van der Waals surface area contributed by atoms with Gasteiger partial charge in [0.05, 0.1) is 0 Å². The Morgan fingerprint density at radius 3 is 2.44 bits per heavy atom. The minimum absolute atomic E-state index is 0.749. The van der Waals surface area contributed by atoms with Crippen LogP contribution in [0.2, 0.25) is 0 Å². The Morgan fingerprint density at radius 2 is 1.89 bits per heavy atom. The van der Waals surface area contributed by atoms with Crippen LogP contribution in [0.4, 0.5) is 0 Å². The molecule has 0 amide bonds. The Labute approximate surface area is 70.5 Å². The fourth-order valence-electron chi connectivity index (χ4n) is 0.658. The van der Waals surface area contributed by atoms with Gasteiger partial charge in [0, 0.05) is 0 Å². The van der Waals surface area contributed by atoms with Gasteiger partial charge in [-0.1, -0.05) is 0 Å². The number of hydrogen-bond acceptors (Lipinski definition) is 1. The summed E-state index contributed by atoms with van der Waals surface area (Å²) < 4.78 is 5.02. The molecule has 1 aromatic rings. The van der Waals surface area contributed by atoms with Crippen molar-refractivity contribution in [1.29, 1.82) is 0 Å². The third-order valence-electron chi connectivity index (χ3n) is 1.08. The Morgan fingerprint density at radius 1 is 1.22 bits per heavy atom. The maximum absolute atomic E-state index is 5.02. The maximum atomic E-state index is 5.02. The Kier molecular flexibility index (Phi) is 3.17. The first-order valence-corrected chi connectivity index (χ1v) is 3.76. The van der Waals surface area contributed by atoms with Gasteiger partial charge < -0.3 is 0 Å². The molecular formula is C7H7OZr. The first-order chi connectivity index (χ1) is 4.43. The van der Waals surface area contributed by atoms with Crippen molar-refractivity contribution < 1.29 is 28.0 Å². The molecule has 0 radical (unpaired) electrons. The summed E-state index contributed by atoms with van der Waals surface area (Å²) in [5, 5.41) is 0.